The summed E-state index contributed by atoms with van der Waals surface area (Å²) in [7, 11) is -0.762. The first-order valence-corrected chi connectivity index (χ1v) is 5.72. The van der Waals surface area contributed by atoms with Crippen molar-refractivity contribution in [2.45, 2.75) is 12.1 Å². The highest BCUT2D eigenvalue weighted by Crippen LogP contribution is 2.03. The van der Waals surface area contributed by atoms with Gasteiger partial charge in [-0.2, -0.15) is 0 Å². The highest BCUT2D eigenvalue weighted by molar-refractivity contribution is 7.84. The molecule has 3 atom stereocenters. The molecule has 0 saturated carbocycles. The molecule has 0 radical (unpaired) electrons. The van der Waals surface area contributed by atoms with Crippen LogP contribution in [0.1, 0.15) is 0 Å². The summed E-state index contributed by atoms with van der Waals surface area (Å²) in [5, 5.41) is 12.4. The number of aliphatic hydroxyl groups excluding tert-OH is 1. The zero-order valence-corrected chi connectivity index (χ0v) is 7.97. The van der Waals surface area contributed by atoms with E-state index in [1.54, 1.807) is 6.26 Å². The second-order valence-electron chi connectivity index (χ2n) is 2.94. The van der Waals surface area contributed by atoms with Gasteiger partial charge in [-0.3, -0.25) is 4.21 Å². The van der Waals surface area contributed by atoms with Crippen LogP contribution in [0.4, 0.5) is 0 Å². The number of aliphatic hydroxyl groups is 1. The van der Waals surface area contributed by atoms with E-state index in [0.29, 0.717) is 25.5 Å². The van der Waals surface area contributed by atoms with Gasteiger partial charge in [0.15, 0.2) is 0 Å². The Morgan fingerprint density at radius 3 is 2.92 bits per heavy atom. The van der Waals surface area contributed by atoms with Crippen LogP contribution in [0.15, 0.2) is 0 Å². The predicted molar refractivity (Wildman–Crippen MR) is 47.5 cm³/mol. The number of ether oxygens (including phenoxy) is 1. The molecule has 1 saturated heterocycles. The van der Waals surface area contributed by atoms with Crippen molar-refractivity contribution in [2.75, 3.05) is 31.8 Å². The van der Waals surface area contributed by atoms with Crippen LogP contribution in [0, 0.1) is 0 Å². The highest BCUT2D eigenvalue weighted by Gasteiger charge is 2.24. The molecule has 0 aliphatic carbocycles. The Bertz CT molecular complexity index is 165. The molecule has 0 bridgehead atoms. The molecule has 1 rings (SSSR count). The van der Waals surface area contributed by atoms with Crippen molar-refractivity contribution >= 4 is 10.8 Å². The molecule has 1 aliphatic rings. The van der Waals surface area contributed by atoms with E-state index in [1.165, 1.54) is 0 Å². The van der Waals surface area contributed by atoms with Gasteiger partial charge in [0, 0.05) is 29.4 Å². The van der Waals surface area contributed by atoms with E-state index < -0.39 is 16.9 Å². The van der Waals surface area contributed by atoms with Gasteiger partial charge < -0.3 is 15.2 Å². The van der Waals surface area contributed by atoms with Crippen LogP contribution in [-0.4, -0.2) is 53.2 Å². The van der Waals surface area contributed by atoms with Gasteiger partial charge in [0.25, 0.3) is 0 Å². The normalized spacial score (nSPS) is 32.2. The zero-order valence-electron chi connectivity index (χ0n) is 7.16. The Kier molecular flexibility index (Phi) is 4.14. The van der Waals surface area contributed by atoms with Gasteiger partial charge >= 0.3 is 0 Å². The first-order valence-electron chi connectivity index (χ1n) is 3.99. The lowest BCUT2D eigenvalue weighted by atomic mass is 10.2. The average molecular weight is 193 g/mol. The lowest BCUT2D eigenvalue weighted by Gasteiger charge is -2.13. The van der Waals surface area contributed by atoms with Crippen molar-refractivity contribution in [3.05, 3.63) is 0 Å². The molecule has 5 heteroatoms. The monoisotopic (exact) mass is 193 g/mol. The maximum Gasteiger partial charge on any atom is 0.0948 e. The Morgan fingerprint density at radius 2 is 2.42 bits per heavy atom. The maximum atomic E-state index is 10.7. The van der Waals surface area contributed by atoms with Crippen LogP contribution in [0.5, 0.6) is 0 Å². The first kappa shape index (κ1) is 10.1. The summed E-state index contributed by atoms with van der Waals surface area (Å²) in [4.78, 5) is 0. The molecular weight excluding hydrogens is 178 g/mol. The molecule has 3 unspecified atom stereocenters. The fraction of sp³-hybridized carbons (Fsp3) is 1.00. The molecule has 12 heavy (non-hydrogen) atoms. The van der Waals surface area contributed by atoms with Gasteiger partial charge in [-0.25, -0.2) is 0 Å². The lowest BCUT2D eigenvalue weighted by molar-refractivity contribution is 0.122. The fourth-order valence-electron chi connectivity index (χ4n) is 1.13. The fourth-order valence-corrected chi connectivity index (χ4v) is 1.53. The number of rotatable bonds is 4. The lowest BCUT2D eigenvalue weighted by Crippen LogP contribution is -2.40. The molecule has 1 aliphatic heterocycles. The number of nitrogens with one attached hydrogen (secondary N) is 1. The van der Waals surface area contributed by atoms with E-state index in [4.69, 9.17) is 4.74 Å². The van der Waals surface area contributed by atoms with Crippen molar-refractivity contribution in [2.24, 2.45) is 0 Å². The Labute approximate surface area is 74.8 Å². The maximum absolute atomic E-state index is 10.7. The van der Waals surface area contributed by atoms with E-state index in [0.717, 1.165) is 0 Å². The van der Waals surface area contributed by atoms with Crippen molar-refractivity contribution in [1.29, 1.82) is 0 Å². The van der Waals surface area contributed by atoms with Crippen molar-refractivity contribution in [3.63, 3.8) is 0 Å². The van der Waals surface area contributed by atoms with Gasteiger partial charge in [-0.15, -0.1) is 0 Å². The third kappa shape index (κ3) is 3.18. The summed E-state index contributed by atoms with van der Waals surface area (Å²) >= 11 is 0. The standard InChI is InChI=1S/C7H15NO3S/c1-12(10)3-2-8-6-4-11-5-7(6)9/h6-9H,2-5H2,1H3. The van der Waals surface area contributed by atoms with Crippen LogP contribution in [0.25, 0.3) is 0 Å². The van der Waals surface area contributed by atoms with Crippen molar-refractivity contribution < 1.29 is 14.1 Å². The minimum absolute atomic E-state index is 0.0218. The van der Waals surface area contributed by atoms with E-state index in [2.05, 4.69) is 5.32 Å². The van der Waals surface area contributed by atoms with E-state index in [-0.39, 0.29) is 6.04 Å². The van der Waals surface area contributed by atoms with E-state index in [1.807, 2.05) is 0 Å². The second-order valence-corrected chi connectivity index (χ2v) is 4.50. The summed E-state index contributed by atoms with van der Waals surface area (Å²) in [6.07, 6.45) is 1.26. The third-order valence-corrected chi connectivity index (χ3v) is 2.63. The SMILES string of the molecule is CS(=O)CCNC1COCC1O. The number of hydrogen-bond donors (Lipinski definition) is 2. The van der Waals surface area contributed by atoms with Crippen LogP contribution in [0.3, 0.4) is 0 Å². The predicted octanol–water partition coefficient (Wildman–Crippen LogP) is -1.29. The Hall–Kier alpha value is 0.0300. The molecule has 0 aromatic heterocycles. The van der Waals surface area contributed by atoms with Gasteiger partial charge in [-0.05, 0) is 0 Å². The van der Waals surface area contributed by atoms with Crippen molar-refractivity contribution in [3.8, 4) is 0 Å². The van der Waals surface area contributed by atoms with Crippen LogP contribution in [0.2, 0.25) is 0 Å². The second kappa shape index (κ2) is 4.91. The highest BCUT2D eigenvalue weighted by atomic mass is 32.2. The molecule has 1 fully saturated rings. The molecule has 72 valence electrons. The summed E-state index contributed by atoms with van der Waals surface area (Å²) in [5.41, 5.74) is 0. The topological polar surface area (TPSA) is 58.6 Å². The molecular formula is C7H15NO3S. The minimum atomic E-state index is -0.762. The zero-order chi connectivity index (χ0) is 8.97. The molecule has 1 heterocycles. The van der Waals surface area contributed by atoms with E-state index in [9.17, 15) is 9.32 Å². The molecule has 0 amide bonds. The summed E-state index contributed by atoms with van der Waals surface area (Å²) in [6, 6.07) is 0.0218. The van der Waals surface area contributed by atoms with Gasteiger partial charge in [0.1, 0.15) is 0 Å². The van der Waals surface area contributed by atoms with Gasteiger partial charge in [0.05, 0.1) is 25.4 Å². The van der Waals surface area contributed by atoms with Crippen LogP contribution < -0.4 is 5.32 Å². The van der Waals surface area contributed by atoms with E-state index >= 15 is 0 Å². The molecule has 0 aromatic rings. The molecule has 0 spiro atoms. The molecule has 4 nitrogen and oxygen atoms in total. The first-order chi connectivity index (χ1) is 5.70. The number of hydrogen-bond acceptors (Lipinski definition) is 4. The summed E-state index contributed by atoms with van der Waals surface area (Å²) < 4.78 is 15.7. The van der Waals surface area contributed by atoms with Gasteiger partial charge in [0.2, 0.25) is 0 Å². The van der Waals surface area contributed by atoms with Crippen molar-refractivity contribution in [1.82, 2.24) is 5.32 Å². The summed E-state index contributed by atoms with van der Waals surface area (Å²) in [6.45, 7) is 1.64. The Morgan fingerprint density at radius 1 is 1.67 bits per heavy atom. The molecule has 2 N–H and O–H groups in total. The minimum Gasteiger partial charge on any atom is -0.389 e. The average Bonchev–Trinajstić information content (AvgIpc) is 2.36. The Balaban J connectivity index is 2.10. The third-order valence-electron chi connectivity index (χ3n) is 1.85. The molecule has 0 aromatic carbocycles. The smallest absolute Gasteiger partial charge is 0.0948 e. The largest absolute Gasteiger partial charge is 0.389 e. The van der Waals surface area contributed by atoms with Crippen LogP contribution in [-0.2, 0) is 15.5 Å². The van der Waals surface area contributed by atoms with Gasteiger partial charge in [-0.1, -0.05) is 0 Å². The summed E-state index contributed by atoms with van der Waals surface area (Å²) in [5.74, 6) is 0.628. The quantitative estimate of drug-likeness (QED) is 0.583. The van der Waals surface area contributed by atoms with Crippen LogP contribution >= 0.6 is 0 Å².